The number of carbonyl (C=O) groups is 1. The van der Waals surface area contributed by atoms with Gasteiger partial charge in [-0.2, -0.15) is 0 Å². The van der Waals surface area contributed by atoms with Crippen molar-refractivity contribution in [1.29, 1.82) is 0 Å². The lowest BCUT2D eigenvalue weighted by Crippen LogP contribution is -2.34. The third-order valence-electron chi connectivity index (χ3n) is 3.70. The largest absolute Gasteiger partial charge is 0.350 e. The van der Waals surface area contributed by atoms with Gasteiger partial charge in [-0.05, 0) is 30.2 Å². The van der Waals surface area contributed by atoms with Gasteiger partial charge in [0.05, 0.1) is 18.3 Å². The number of amides is 1. The first-order chi connectivity index (χ1) is 11.7. The Labute approximate surface area is 153 Å². The number of rotatable bonds is 7. The fourth-order valence-corrected chi connectivity index (χ4v) is 3.35. The summed E-state index contributed by atoms with van der Waals surface area (Å²) in [5, 5.41) is 3.44. The highest BCUT2D eigenvalue weighted by atomic mass is 35.5. The van der Waals surface area contributed by atoms with Crippen LogP contribution < -0.4 is 10.0 Å². The van der Waals surface area contributed by atoms with Gasteiger partial charge in [-0.25, -0.2) is 13.1 Å². The number of hydrogen-bond acceptors (Lipinski definition) is 3. The summed E-state index contributed by atoms with van der Waals surface area (Å²) in [6, 6.07) is 15.5. The Balaban J connectivity index is 2.10. The van der Waals surface area contributed by atoms with E-state index < -0.39 is 16.1 Å². The normalized spacial score (nSPS) is 13.9. The summed E-state index contributed by atoms with van der Waals surface area (Å²) in [5.74, 6) is -0.243. The van der Waals surface area contributed by atoms with E-state index in [9.17, 15) is 13.2 Å². The molecule has 2 aromatic carbocycles. The van der Waals surface area contributed by atoms with Crippen molar-refractivity contribution in [1.82, 2.24) is 10.0 Å². The lowest BCUT2D eigenvalue weighted by atomic mass is 10.0. The molecule has 0 aromatic heterocycles. The van der Waals surface area contributed by atoms with E-state index in [4.69, 9.17) is 11.6 Å². The molecule has 0 fully saturated rings. The van der Waals surface area contributed by atoms with Gasteiger partial charge in [-0.3, -0.25) is 4.79 Å². The van der Waals surface area contributed by atoms with Crippen LogP contribution in [0.3, 0.4) is 0 Å². The molecule has 2 N–H and O–H groups in total. The molecule has 5 nitrogen and oxygen atoms in total. The van der Waals surface area contributed by atoms with Crippen molar-refractivity contribution < 1.29 is 13.2 Å². The first-order valence-corrected chi connectivity index (χ1v) is 10.1. The zero-order chi connectivity index (χ0) is 18.4. The number of carbonyl (C=O) groups excluding carboxylic acids is 1. The van der Waals surface area contributed by atoms with E-state index in [1.54, 1.807) is 24.3 Å². The van der Waals surface area contributed by atoms with Gasteiger partial charge in [-0.15, -0.1) is 0 Å². The Bertz CT molecular complexity index is 808. The van der Waals surface area contributed by atoms with E-state index >= 15 is 0 Å². The van der Waals surface area contributed by atoms with Crippen LogP contribution in [0.25, 0.3) is 0 Å². The van der Waals surface area contributed by atoms with Crippen LogP contribution in [0.5, 0.6) is 0 Å². The number of benzene rings is 2. The van der Waals surface area contributed by atoms with E-state index in [0.29, 0.717) is 10.6 Å². The van der Waals surface area contributed by atoms with E-state index in [1.807, 2.05) is 37.3 Å². The minimum atomic E-state index is -3.47. The minimum Gasteiger partial charge on any atom is -0.350 e. The fourth-order valence-electron chi connectivity index (χ4n) is 2.49. The summed E-state index contributed by atoms with van der Waals surface area (Å²) in [7, 11) is -3.47. The zero-order valence-electron chi connectivity index (χ0n) is 14.1. The predicted octanol–water partition coefficient (Wildman–Crippen LogP) is 3.20. The molecular formula is C18H21ClN2O3S. The second-order valence-electron chi connectivity index (χ2n) is 5.90. The number of sulfonamides is 1. The van der Waals surface area contributed by atoms with Crippen molar-refractivity contribution in [2.45, 2.75) is 25.4 Å². The van der Waals surface area contributed by atoms with Crippen molar-refractivity contribution in [2.75, 3.05) is 6.26 Å². The van der Waals surface area contributed by atoms with E-state index in [1.165, 1.54) is 0 Å². The molecule has 2 aromatic rings. The predicted molar refractivity (Wildman–Crippen MR) is 99.8 cm³/mol. The molecular weight excluding hydrogens is 360 g/mol. The molecule has 0 bridgehead atoms. The van der Waals surface area contributed by atoms with Crippen LogP contribution >= 0.6 is 11.6 Å². The standard InChI is InChI=1S/C18H21ClN2O3S/c1-13(14-6-4-3-5-7-14)20-18(22)12-17(21-25(2,23)24)15-8-10-16(19)11-9-15/h3-11,13,17,21H,12H2,1-2H3,(H,20,22). The van der Waals surface area contributed by atoms with Crippen molar-refractivity contribution in [3.05, 3.63) is 70.7 Å². The summed E-state index contributed by atoms with van der Waals surface area (Å²) in [6.07, 6.45) is 1.06. The molecule has 2 atom stereocenters. The van der Waals surface area contributed by atoms with Gasteiger partial charge >= 0.3 is 0 Å². The average Bonchev–Trinajstić information content (AvgIpc) is 2.54. The Hall–Kier alpha value is -1.89. The van der Waals surface area contributed by atoms with Crippen molar-refractivity contribution in [3.8, 4) is 0 Å². The maximum atomic E-state index is 12.4. The molecule has 0 spiro atoms. The minimum absolute atomic E-state index is 0.00806. The lowest BCUT2D eigenvalue weighted by molar-refractivity contribution is -0.122. The quantitative estimate of drug-likeness (QED) is 0.774. The average molecular weight is 381 g/mol. The Morgan fingerprint density at radius 1 is 1.04 bits per heavy atom. The molecule has 1 amide bonds. The molecule has 25 heavy (non-hydrogen) atoms. The molecule has 0 aliphatic rings. The first kappa shape index (κ1) is 19.4. The van der Waals surface area contributed by atoms with Gasteiger partial charge in [0, 0.05) is 11.4 Å². The summed E-state index contributed by atoms with van der Waals surface area (Å²) < 4.78 is 25.8. The van der Waals surface area contributed by atoms with Crippen LogP contribution in [0.2, 0.25) is 5.02 Å². The molecule has 0 aliphatic heterocycles. The van der Waals surface area contributed by atoms with E-state index in [-0.39, 0.29) is 18.4 Å². The third kappa shape index (κ3) is 6.49. The number of halogens is 1. The fraction of sp³-hybridized carbons (Fsp3) is 0.278. The molecule has 0 aliphatic carbocycles. The van der Waals surface area contributed by atoms with E-state index in [2.05, 4.69) is 10.0 Å². The zero-order valence-corrected chi connectivity index (χ0v) is 15.6. The van der Waals surface area contributed by atoms with Gasteiger partial charge in [0.2, 0.25) is 15.9 Å². The molecule has 134 valence electrons. The van der Waals surface area contributed by atoms with Crippen molar-refractivity contribution in [2.24, 2.45) is 0 Å². The Morgan fingerprint density at radius 3 is 2.20 bits per heavy atom. The van der Waals surface area contributed by atoms with Crippen molar-refractivity contribution in [3.63, 3.8) is 0 Å². The van der Waals surface area contributed by atoms with Gasteiger partial charge in [-0.1, -0.05) is 54.1 Å². The van der Waals surface area contributed by atoms with E-state index in [0.717, 1.165) is 11.8 Å². The summed E-state index contributed by atoms with van der Waals surface area (Å²) in [6.45, 7) is 1.88. The smallest absolute Gasteiger partial charge is 0.222 e. The topological polar surface area (TPSA) is 75.3 Å². The summed E-state index contributed by atoms with van der Waals surface area (Å²) >= 11 is 5.87. The number of hydrogen-bond donors (Lipinski definition) is 2. The maximum absolute atomic E-state index is 12.4. The molecule has 2 rings (SSSR count). The van der Waals surface area contributed by atoms with Crippen LogP contribution in [0.15, 0.2) is 54.6 Å². The third-order valence-corrected chi connectivity index (χ3v) is 4.66. The van der Waals surface area contributed by atoms with Crippen LogP contribution in [-0.4, -0.2) is 20.6 Å². The molecule has 0 saturated carbocycles. The molecule has 7 heteroatoms. The Kier molecular flexibility index (Phi) is 6.58. The molecule has 0 heterocycles. The van der Waals surface area contributed by atoms with Crippen LogP contribution in [0.1, 0.15) is 36.6 Å². The Morgan fingerprint density at radius 2 is 1.64 bits per heavy atom. The molecule has 0 saturated heterocycles. The van der Waals surface area contributed by atoms with Gasteiger partial charge in [0.1, 0.15) is 0 Å². The van der Waals surface area contributed by atoms with Crippen LogP contribution in [0.4, 0.5) is 0 Å². The monoisotopic (exact) mass is 380 g/mol. The highest BCUT2D eigenvalue weighted by Gasteiger charge is 2.21. The van der Waals surface area contributed by atoms with Gasteiger partial charge in [0.15, 0.2) is 0 Å². The first-order valence-electron chi connectivity index (χ1n) is 7.81. The molecule has 2 unspecified atom stereocenters. The SMILES string of the molecule is CC(NC(=O)CC(NS(C)(=O)=O)c1ccc(Cl)cc1)c1ccccc1. The van der Waals surface area contributed by atoms with Crippen molar-refractivity contribution >= 4 is 27.5 Å². The highest BCUT2D eigenvalue weighted by molar-refractivity contribution is 7.88. The second kappa shape index (κ2) is 8.47. The summed E-state index contributed by atoms with van der Waals surface area (Å²) in [5.41, 5.74) is 1.66. The maximum Gasteiger partial charge on any atom is 0.222 e. The van der Waals surface area contributed by atoms with Gasteiger partial charge in [0.25, 0.3) is 0 Å². The van der Waals surface area contributed by atoms with Crippen LogP contribution in [-0.2, 0) is 14.8 Å². The van der Waals surface area contributed by atoms with Crippen LogP contribution in [0, 0.1) is 0 Å². The number of nitrogens with one attached hydrogen (secondary N) is 2. The summed E-state index contributed by atoms with van der Waals surface area (Å²) in [4.78, 5) is 12.4. The lowest BCUT2D eigenvalue weighted by Gasteiger charge is -2.20. The second-order valence-corrected chi connectivity index (χ2v) is 8.11. The molecule has 0 radical (unpaired) electrons. The van der Waals surface area contributed by atoms with Gasteiger partial charge < -0.3 is 5.32 Å². The highest BCUT2D eigenvalue weighted by Crippen LogP contribution is 2.21.